The first kappa shape index (κ1) is 27.6. The first-order chi connectivity index (χ1) is 15.4. The third-order valence-electron chi connectivity index (χ3n) is 5.07. The second-order valence-electron chi connectivity index (χ2n) is 7.82. The van der Waals surface area contributed by atoms with Crippen molar-refractivity contribution in [1.29, 1.82) is 0 Å². The molecule has 0 spiro atoms. The van der Waals surface area contributed by atoms with Gasteiger partial charge in [0.2, 0.25) is 17.7 Å². The Morgan fingerprint density at radius 2 is 1.70 bits per heavy atom. The standard InChI is InChI=1S/C19H33N7O7/c1-10(20)15(29)24-11(4-2-8-23-19(21)22)16(30)25-12(6-7-14(27)28)17(31)26-9-3-5-13(26)18(32)33/h10-13H,2-9,20H2,1H3,(H,24,29)(H,25,30)(H,27,28)(H,32,33)(H4,21,22,23). The topological polar surface area (TPSA) is 244 Å². The number of carboxylic acid groups (broad SMARTS) is 2. The Labute approximate surface area is 190 Å². The summed E-state index contributed by atoms with van der Waals surface area (Å²) in [4.78, 5) is 65.4. The van der Waals surface area contributed by atoms with Crippen molar-refractivity contribution in [2.75, 3.05) is 13.1 Å². The van der Waals surface area contributed by atoms with Crippen LogP contribution in [0.5, 0.6) is 0 Å². The molecule has 1 saturated heterocycles. The lowest BCUT2D eigenvalue weighted by Crippen LogP contribution is -2.57. The first-order valence-corrected chi connectivity index (χ1v) is 10.6. The molecule has 1 heterocycles. The Bertz CT molecular complexity index is 768. The number of hydrogen-bond donors (Lipinski definition) is 7. The summed E-state index contributed by atoms with van der Waals surface area (Å²) in [7, 11) is 0. The van der Waals surface area contributed by atoms with Crippen LogP contribution in [0.3, 0.4) is 0 Å². The molecule has 1 rings (SSSR count). The molecular weight excluding hydrogens is 438 g/mol. The van der Waals surface area contributed by atoms with Crippen LogP contribution in [0.15, 0.2) is 4.99 Å². The molecule has 4 atom stereocenters. The number of amides is 3. The molecule has 0 aliphatic carbocycles. The van der Waals surface area contributed by atoms with E-state index in [-0.39, 0.29) is 38.3 Å². The maximum absolute atomic E-state index is 13.0. The summed E-state index contributed by atoms with van der Waals surface area (Å²) in [6.45, 7) is 1.80. The summed E-state index contributed by atoms with van der Waals surface area (Å²) in [5, 5.41) is 23.3. The van der Waals surface area contributed by atoms with E-state index in [0.29, 0.717) is 12.8 Å². The average Bonchev–Trinajstić information content (AvgIpc) is 3.22. The summed E-state index contributed by atoms with van der Waals surface area (Å²) >= 11 is 0. The van der Waals surface area contributed by atoms with Gasteiger partial charge in [0, 0.05) is 19.5 Å². The van der Waals surface area contributed by atoms with Crippen LogP contribution in [0.1, 0.15) is 45.4 Å². The number of rotatable bonds is 13. The van der Waals surface area contributed by atoms with Crippen LogP contribution in [-0.4, -0.2) is 88.0 Å². The van der Waals surface area contributed by atoms with Crippen LogP contribution in [0.25, 0.3) is 0 Å². The van der Waals surface area contributed by atoms with Gasteiger partial charge in [0.1, 0.15) is 18.1 Å². The molecule has 10 N–H and O–H groups in total. The lowest BCUT2D eigenvalue weighted by molar-refractivity contribution is -0.150. The number of aliphatic carboxylic acids is 2. The van der Waals surface area contributed by atoms with E-state index in [0.717, 1.165) is 4.90 Å². The summed E-state index contributed by atoms with van der Waals surface area (Å²) < 4.78 is 0. The fourth-order valence-corrected chi connectivity index (χ4v) is 3.36. The molecule has 186 valence electrons. The van der Waals surface area contributed by atoms with Gasteiger partial charge in [-0.1, -0.05) is 0 Å². The summed E-state index contributed by atoms with van der Waals surface area (Å²) in [6.07, 6.45) is 0.492. The average molecular weight is 472 g/mol. The minimum atomic E-state index is -1.28. The SMILES string of the molecule is CC(N)C(=O)NC(CCCN=C(N)N)C(=O)NC(CCC(=O)O)C(=O)N1CCCC1C(=O)O. The molecule has 0 aromatic rings. The summed E-state index contributed by atoms with van der Waals surface area (Å²) in [5.41, 5.74) is 16.1. The molecule has 1 aliphatic rings. The third kappa shape index (κ3) is 9.31. The van der Waals surface area contributed by atoms with Gasteiger partial charge in [0.05, 0.1) is 6.04 Å². The zero-order valence-electron chi connectivity index (χ0n) is 18.5. The monoisotopic (exact) mass is 471 g/mol. The van der Waals surface area contributed by atoms with Crippen LogP contribution >= 0.6 is 0 Å². The van der Waals surface area contributed by atoms with Gasteiger partial charge in [-0.3, -0.25) is 24.2 Å². The van der Waals surface area contributed by atoms with Crippen molar-refractivity contribution < 1.29 is 34.2 Å². The zero-order chi connectivity index (χ0) is 25.1. The second kappa shape index (κ2) is 13.2. The molecule has 0 radical (unpaired) electrons. The highest BCUT2D eigenvalue weighted by Crippen LogP contribution is 2.19. The number of carbonyl (C=O) groups excluding carboxylic acids is 3. The predicted molar refractivity (Wildman–Crippen MR) is 117 cm³/mol. The zero-order valence-corrected chi connectivity index (χ0v) is 18.5. The number of nitrogens with zero attached hydrogens (tertiary/aromatic N) is 2. The minimum Gasteiger partial charge on any atom is -0.481 e. The van der Waals surface area contributed by atoms with E-state index in [9.17, 15) is 29.1 Å². The highest BCUT2D eigenvalue weighted by atomic mass is 16.4. The van der Waals surface area contributed by atoms with Crippen molar-refractivity contribution in [3.8, 4) is 0 Å². The van der Waals surface area contributed by atoms with Crippen molar-refractivity contribution in [3.63, 3.8) is 0 Å². The number of likely N-dealkylation sites (tertiary alicyclic amines) is 1. The number of hydrogen-bond acceptors (Lipinski definition) is 7. The van der Waals surface area contributed by atoms with Crippen LogP contribution < -0.4 is 27.8 Å². The molecule has 4 unspecified atom stereocenters. The molecule has 14 heteroatoms. The van der Waals surface area contributed by atoms with Gasteiger partial charge in [-0.05, 0) is 39.0 Å². The second-order valence-corrected chi connectivity index (χ2v) is 7.82. The fraction of sp³-hybridized carbons (Fsp3) is 0.684. The van der Waals surface area contributed by atoms with Crippen molar-refractivity contribution >= 4 is 35.6 Å². The van der Waals surface area contributed by atoms with Crippen LogP contribution in [0.4, 0.5) is 0 Å². The summed E-state index contributed by atoms with van der Waals surface area (Å²) in [6, 6.07) is -4.31. The predicted octanol–water partition coefficient (Wildman–Crippen LogP) is -2.70. The molecule has 1 aliphatic heterocycles. The van der Waals surface area contributed by atoms with Crippen molar-refractivity contribution in [3.05, 3.63) is 0 Å². The van der Waals surface area contributed by atoms with E-state index in [1.807, 2.05) is 0 Å². The quantitative estimate of drug-likeness (QED) is 0.0831. The van der Waals surface area contributed by atoms with E-state index in [1.165, 1.54) is 6.92 Å². The smallest absolute Gasteiger partial charge is 0.326 e. The minimum absolute atomic E-state index is 0.113. The maximum Gasteiger partial charge on any atom is 0.326 e. The lowest BCUT2D eigenvalue weighted by Gasteiger charge is -2.28. The number of carboxylic acids is 2. The van der Waals surface area contributed by atoms with Gasteiger partial charge in [0.25, 0.3) is 0 Å². The van der Waals surface area contributed by atoms with E-state index < -0.39 is 60.2 Å². The molecule has 14 nitrogen and oxygen atoms in total. The first-order valence-electron chi connectivity index (χ1n) is 10.6. The lowest BCUT2D eigenvalue weighted by atomic mass is 10.1. The highest BCUT2D eigenvalue weighted by molar-refractivity contribution is 5.94. The van der Waals surface area contributed by atoms with E-state index in [1.54, 1.807) is 0 Å². The van der Waals surface area contributed by atoms with Gasteiger partial charge < -0.3 is 42.9 Å². The van der Waals surface area contributed by atoms with Gasteiger partial charge in [-0.2, -0.15) is 0 Å². The van der Waals surface area contributed by atoms with Gasteiger partial charge in [0.15, 0.2) is 5.96 Å². The number of carbonyl (C=O) groups is 5. The molecule has 33 heavy (non-hydrogen) atoms. The maximum atomic E-state index is 13.0. The van der Waals surface area contributed by atoms with Gasteiger partial charge in [-0.15, -0.1) is 0 Å². The Kier molecular flexibility index (Phi) is 11.0. The Hall–Kier alpha value is -3.42. The molecule has 3 amide bonds. The van der Waals surface area contributed by atoms with E-state index >= 15 is 0 Å². The Morgan fingerprint density at radius 3 is 2.24 bits per heavy atom. The van der Waals surface area contributed by atoms with Crippen molar-refractivity contribution in [2.24, 2.45) is 22.2 Å². The van der Waals surface area contributed by atoms with Gasteiger partial charge in [-0.25, -0.2) is 4.79 Å². The molecule has 1 fully saturated rings. The van der Waals surface area contributed by atoms with Crippen LogP contribution in [-0.2, 0) is 24.0 Å². The van der Waals surface area contributed by atoms with Crippen LogP contribution in [0, 0.1) is 0 Å². The number of aliphatic imine (C=N–C) groups is 1. The number of guanidine groups is 1. The Balaban J connectivity index is 3.00. The number of nitrogens with one attached hydrogen (secondary N) is 2. The molecular formula is C19H33N7O7. The Morgan fingerprint density at radius 1 is 1.06 bits per heavy atom. The highest BCUT2D eigenvalue weighted by Gasteiger charge is 2.38. The molecule has 0 aromatic heterocycles. The number of nitrogens with two attached hydrogens (primary N) is 3. The largest absolute Gasteiger partial charge is 0.481 e. The van der Waals surface area contributed by atoms with Crippen molar-refractivity contribution in [1.82, 2.24) is 15.5 Å². The molecule has 0 bridgehead atoms. The van der Waals surface area contributed by atoms with E-state index in [2.05, 4.69) is 15.6 Å². The van der Waals surface area contributed by atoms with Crippen molar-refractivity contribution in [2.45, 2.75) is 69.6 Å². The summed E-state index contributed by atoms with van der Waals surface area (Å²) in [5.74, 6) is -4.51. The van der Waals surface area contributed by atoms with Gasteiger partial charge >= 0.3 is 11.9 Å². The normalized spacial score (nSPS) is 18.0. The fourth-order valence-electron chi connectivity index (χ4n) is 3.36. The molecule has 0 aromatic carbocycles. The van der Waals surface area contributed by atoms with Crippen LogP contribution in [0.2, 0.25) is 0 Å². The van der Waals surface area contributed by atoms with E-state index in [4.69, 9.17) is 22.3 Å². The third-order valence-corrected chi connectivity index (χ3v) is 5.07. The molecule has 0 saturated carbocycles.